The maximum atomic E-state index is 13.1. The summed E-state index contributed by atoms with van der Waals surface area (Å²) < 4.78 is 10.5. The first-order valence-corrected chi connectivity index (χ1v) is 10.1. The normalized spacial score (nSPS) is 12.2. The monoisotopic (exact) mass is 418 g/mol. The van der Waals surface area contributed by atoms with Gasteiger partial charge in [-0.05, 0) is 60.9 Å². The van der Waals surface area contributed by atoms with Gasteiger partial charge in [0.2, 0.25) is 0 Å². The summed E-state index contributed by atoms with van der Waals surface area (Å²) in [5, 5.41) is 5.74. The molecule has 2 amide bonds. The van der Waals surface area contributed by atoms with Crippen LogP contribution in [0.15, 0.2) is 77.0 Å². The second kappa shape index (κ2) is 10.3. The van der Waals surface area contributed by atoms with Gasteiger partial charge in [0.05, 0.1) is 19.4 Å². The lowest BCUT2D eigenvalue weighted by atomic mass is 9.99. The first kappa shape index (κ1) is 21.9. The van der Waals surface area contributed by atoms with Crippen LogP contribution in [0.4, 0.5) is 0 Å². The fraction of sp³-hybridized carbons (Fsp3) is 0.200. The van der Waals surface area contributed by atoms with Gasteiger partial charge in [-0.3, -0.25) is 9.59 Å². The number of ether oxygens (including phenoxy) is 1. The fourth-order valence-corrected chi connectivity index (χ4v) is 3.22. The van der Waals surface area contributed by atoms with Gasteiger partial charge in [-0.2, -0.15) is 0 Å². The molecule has 160 valence electrons. The van der Waals surface area contributed by atoms with E-state index in [-0.39, 0.29) is 11.7 Å². The number of aryl methyl sites for hydroxylation is 1. The molecule has 31 heavy (non-hydrogen) atoms. The van der Waals surface area contributed by atoms with Crippen LogP contribution in [0.1, 0.15) is 46.6 Å². The predicted octanol–water partition coefficient (Wildman–Crippen LogP) is 4.64. The van der Waals surface area contributed by atoms with Crippen LogP contribution in [0, 0.1) is 6.92 Å². The molecule has 3 aromatic rings. The Balaban J connectivity index is 1.83. The van der Waals surface area contributed by atoms with Crippen LogP contribution in [-0.4, -0.2) is 18.9 Å². The molecule has 0 saturated heterocycles. The predicted molar refractivity (Wildman–Crippen MR) is 119 cm³/mol. The van der Waals surface area contributed by atoms with Gasteiger partial charge >= 0.3 is 0 Å². The molecule has 6 nitrogen and oxygen atoms in total. The molecule has 0 aliphatic rings. The van der Waals surface area contributed by atoms with E-state index in [1.165, 1.54) is 12.3 Å². The van der Waals surface area contributed by atoms with Crippen molar-refractivity contribution in [3.63, 3.8) is 0 Å². The number of benzene rings is 2. The first-order valence-electron chi connectivity index (χ1n) is 10.1. The number of hydrogen-bond donors (Lipinski definition) is 2. The van der Waals surface area contributed by atoms with Crippen molar-refractivity contribution in [2.24, 2.45) is 0 Å². The maximum absolute atomic E-state index is 13.1. The Morgan fingerprint density at radius 2 is 1.81 bits per heavy atom. The Kier molecular flexibility index (Phi) is 7.27. The SMILES string of the molecule is CC[C@H](NC(=O)/C(=C/c1ccco1)NC(=O)c1ccc(OC)cc1)c1ccccc1C. The lowest BCUT2D eigenvalue weighted by molar-refractivity contribution is -0.118. The van der Waals surface area contributed by atoms with Crippen LogP contribution in [0.3, 0.4) is 0 Å². The van der Waals surface area contributed by atoms with E-state index in [2.05, 4.69) is 10.6 Å². The number of furan rings is 1. The molecule has 0 unspecified atom stereocenters. The highest BCUT2D eigenvalue weighted by molar-refractivity contribution is 6.05. The summed E-state index contributed by atoms with van der Waals surface area (Å²) >= 11 is 0. The number of hydrogen-bond acceptors (Lipinski definition) is 4. The molecule has 0 radical (unpaired) electrons. The minimum atomic E-state index is -0.403. The summed E-state index contributed by atoms with van der Waals surface area (Å²) in [7, 11) is 1.56. The van der Waals surface area contributed by atoms with Gasteiger partial charge in [-0.15, -0.1) is 0 Å². The number of rotatable bonds is 8. The van der Waals surface area contributed by atoms with Crippen molar-refractivity contribution in [3.8, 4) is 5.75 Å². The second-order valence-electron chi connectivity index (χ2n) is 7.05. The highest BCUT2D eigenvalue weighted by Crippen LogP contribution is 2.21. The molecule has 0 fully saturated rings. The third-order valence-electron chi connectivity index (χ3n) is 4.95. The molecule has 2 aromatic carbocycles. The molecular formula is C25H26N2O4. The topological polar surface area (TPSA) is 80.6 Å². The second-order valence-corrected chi connectivity index (χ2v) is 7.05. The molecule has 0 saturated carbocycles. The molecular weight excluding hydrogens is 392 g/mol. The molecule has 0 spiro atoms. The van der Waals surface area contributed by atoms with Crippen molar-refractivity contribution in [2.75, 3.05) is 7.11 Å². The number of amides is 2. The third kappa shape index (κ3) is 5.63. The van der Waals surface area contributed by atoms with Gasteiger partial charge in [0, 0.05) is 11.6 Å². The molecule has 6 heteroatoms. The van der Waals surface area contributed by atoms with Crippen molar-refractivity contribution in [1.82, 2.24) is 10.6 Å². The molecule has 0 aliphatic carbocycles. The van der Waals surface area contributed by atoms with Gasteiger partial charge in [-0.25, -0.2) is 0 Å². The maximum Gasteiger partial charge on any atom is 0.268 e. The Morgan fingerprint density at radius 1 is 1.06 bits per heavy atom. The quantitative estimate of drug-likeness (QED) is 0.523. The largest absolute Gasteiger partial charge is 0.497 e. The molecule has 0 bridgehead atoms. The van der Waals surface area contributed by atoms with E-state index in [0.29, 0.717) is 23.5 Å². The zero-order chi connectivity index (χ0) is 22.2. The molecule has 2 N–H and O–H groups in total. The van der Waals surface area contributed by atoms with E-state index < -0.39 is 11.8 Å². The number of carbonyl (C=O) groups is 2. The van der Waals surface area contributed by atoms with E-state index >= 15 is 0 Å². The summed E-state index contributed by atoms with van der Waals surface area (Å²) in [6.45, 7) is 4.01. The van der Waals surface area contributed by atoms with Crippen LogP contribution in [0.5, 0.6) is 5.75 Å². The molecule has 1 heterocycles. The van der Waals surface area contributed by atoms with Gasteiger partial charge in [-0.1, -0.05) is 31.2 Å². The fourth-order valence-electron chi connectivity index (χ4n) is 3.22. The van der Waals surface area contributed by atoms with Crippen LogP contribution in [0.25, 0.3) is 6.08 Å². The molecule has 1 atom stereocenters. The van der Waals surface area contributed by atoms with E-state index in [9.17, 15) is 9.59 Å². The third-order valence-corrected chi connectivity index (χ3v) is 4.95. The summed E-state index contributed by atoms with van der Waals surface area (Å²) in [5.74, 6) is 0.307. The summed E-state index contributed by atoms with van der Waals surface area (Å²) in [6.07, 6.45) is 3.73. The van der Waals surface area contributed by atoms with Gasteiger partial charge < -0.3 is 19.8 Å². The van der Waals surface area contributed by atoms with E-state index in [1.54, 1.807) is 43.5 Å². The van der Waals surface area contributed by atoms with Gasteiger partial charge in [0.15, 0.2) is 0 Å². The summed E-state index contributed by atoms with van der Waals surface area (Å²) in [5.41, 5.74) is 2.64. The molecule has 1 aromatic heterocycles. The van der Waals surface area contributed by atoms with Crippen LogP contribution in [-0.2, 0) is 4.79 Å². The van der Waals surface area contributed by atoms with Crippen molar-refractivity contribution in [2.45, 2.75) is 26.3 Å². The number of nitrogens with one attached hydrogen (secondary N) is 2. The van der Waals surface area contributed by atoms with E-state index in [4.69, 9.17) is 9.15 Å². The first-order chi connectivity index (χ1) is 15.0. The van der Waals surface area contributed by atoms with Gasteiger partial charge in [0.25, 0.3) is 11.8 Å². The Labute approximate surface area is 181 Å². The lowest BCUT2D eigenvalue weighted by Gasteiger charge is -2.20. The van der Waals surface area contributed by atoms with Crippen LogP contribution < -0.4 is 15.4 Å². The average Bonchev–Trinajstić information content (AvgIpc) is 3.30. The molecule has 3 rings (SSSR count). The summed E-state index contributed by atoms with van der Waals surface area (Å²) in [4.78, 5) is 25.9. The van der Waals surface area contributed by atoms with Crippen LogP contribution in [0.2, 0.25) is 0 Å². The highest BCUT2D eigenvalue weighted by atomic mass is 16.5. The minimum absolute atomic E-state index is 0.0998. The Morgan fingerprint density at radius 3 is 2.42 bits per heavy atom. The minimum Gasteiger partial charge on any atom is -0.497 e. The lowest BCUT2D eigenvalue weighted by Crippen LogP contribution is -2.37. The van der Waals surface area contributed by atoms with Crippen molar-refractivity contribution in [3.05, 3.63) is 95.1 Å². The summed E-state index contributed by atoms with van der Waals surface area (Å²) in [6, 6.07) is 17.8. The van der Waals surface area contributed by atoms with E-state index in [1.807, 2.05) is 38.1 Å². The van der Waals surface area contributed by atoms with E-state index in [0.717, 1.165) is 11.1 Å². The zero-order valence-corrected chi connectivity index (χ0v) is 17.8. The Hall–Kier alpha value is -3.80. The van der Waals surface area contributed by atoms with Gasteiger partial charge in [0.1, 0.15) is 17.2 Å². The van der Waals surface area contributed by atoms with Crippen molar-refractivity contribution < 1.29 is 18.7 Å². The zero-order valence-electron chi connectivity index (χ0n) is 17.8. The number of carbonyl (C=O) groups excluding carboxylic acids is 2. The highest BCUT2D eigenvalue weighted by Gasteiger charge is 2.20. The van der Waals surface area contributed by atoms with Crippen LogP contribution >= 0.6 is 0 Å². The average molecular weight is 418 g/mol. The molecule has 0 aliphatic heterocycles. The Bertz CT molecular complexity index is 1050. The van der Waals surface area contributed by atoms with Crippen molar-refractivity contribution in [1.29, 1.82) is 0 Å². The number of methoxy groups -OCH3 is 1. The smallest absolute Gasteiger partial charge is 0.268 e. The standard InChI is InChI=1S/C25H26N2O4/c1-4-22(21-10-6-5-8-17(21)2)26-25(29)23(16-20-9-7-15-31-20)27-24(28)18-11-13-19(30-3)14-12-18/h5-16,22H,4H2,1-3H3,(H,26,29)(H,27,28)/b23-16-/t22-/m0/s1. The van der Waals surface area contributed by atoms with Crippen molar-refractivity contribution >= 4 is 17.9 Å².